The van der Waals surface area contributed by atoms with Crippen molar-refractivity contribution in [2.75, 3.05) is 25.5 Å². The van der Waals surface area contributed by atoms with Crippen LogP contribution in [0.5, 0.6) is 11.5 Å². The first-order valence-electron chi connectivity index (χ1n) is 7.22. The van der Waals surface area contributed by atoms with E-state index >= 15 is 0 Å². The Hall–Kier alpha value is -1.60. The predicted octanol–water partition coefficient (Wildman–Crippen LogP) is 3.05. The van der Waals surface area contributed by atoms with E-state index in [2.05, 4.69) is 15.4 Å². The van der Waals surface area contributed by atoms with Crippen molar-refractivity contribution in [2.24, 2.45) is 5.92 Å². The van der Waals surface area contributed by atoms with Crippen LogP contribution in [0.1, 0.15) is 19.3 Å². The number of rotatable bonds is 7. The van der Waals surface area contributed by atoms with Crippen molar-refractivity contribution in [3.63, 3.8) is 0 Å². The number of nitrogens with one attached hydrogen (secondary N) is 2. The van der Waals surface area contributed by atoms with E-state index in [1.54, 1.807) is 0 Å². The third-order valence-corrected chi connectivity index (χ3v) is 3.62. The van der Waals surface area contributed by atoms with E-state index in [0.717, 1.165) is 25.9 Å². The molecule has 1 heterocycles. The predicted molar refractivity (Wildman–Crippen MR) is 85.7 cm³/mol. The summed E-state index contributed by atoms with van der Waals surface area (Å²) in [5.41, 5.74) is 0.189. The van der Waals surface area contributed by atoms with E-state index in [9.17, 15) is 13.6 Å². The number of carbonyl (C=O) groups is 1. The molecule has 130 valence electrons. The lowest BCUT2D eigenvalue weighted by atomic mass is 10.0. The third kappa shape index (κ3) is 6.19. The van der Waals surface area contributed by atoms with Gasteiger partial charge in [0.15, 0.2) is 0 Å². The SMILES string of the molecule is COc1ccc(OC(F)F)c(NC(=O)CCC2CCNC2)c1.Cl. The van der Waals surface area contributed by atoms with Crippen LogP contribution in [0.3, 0.4) is 0 Å². The molecule has 1 aromatic carbocycles. The van der Waals surface area contributed by atoms with Gasteiger partial charge >= 0.3 is 6.61 Å². The Morgan fingerprint density at radius 1 is 1.48 bits per heavy atom. The highest BCUT2D eigenvalue weighted by atomic mass is 35.5. The number of hydrogen-bond donors (Lipinski definition) is 2. The summed E-state index contributed by atoms with van der Waals surface area (Å²) in [4.78, 5) is 12.0. The van der Waals surface area contributed by atoms with E-state index < -0.39 is 6.61 Å². The van der Waals surface area contributed by atoms with Gasteiger partial charge in [-0.2, -0.15) is 8.78 Å². The first kappa shape index (κ1) is 19.4. The zero-order chi connectivity index (χ0) is 15.9. The molecule has 5 nitrogen and oxygen atoms in total. The van der Waals surface area contributed by atoms with Crippen molar-refractivity contribution < 1.29 is 23.0 Å². The van der Waals surface area contributed by atoms with Gasteiger partial charge in [-0.3, -0.25) is 4.79 Å². The van der Waals surface area contributed by atoms with Gasteiger partial charge in [0, 0.05) is 12.5 Å². The van der Waals surface area contributed by atoms with Crippen molar-refractivity contribution >= 4 is 24.0 Å². The lowest BCUT2D eigenvalue weighted by Gasteiger charge is -2.14. The van der Waals surface area contributed by atoms with E-state index in [-0.39, 0.29) is 29.8 Å². The number of hydrogen-bond acceptors (Lipinski definition) is 4. The van der Waals surface area contributed by atoms with Crippen LogP contribution in [-0.4, -0.2) is 32.7 Å². The summed E-state index contributed by atoms with van der Waals surface area (Å²) in [5.74, 6) is 0.649. The quantitative estimate of drug-likeness (QED) is 0.793. The summed E-state index contributed by atoms with van der Waals surface area (Å²) >= 11 is 0. The molecule has 1 fully saturated rings. The molecular formula is C15H21ClF2N2O3. The van der Waals surface area contributed by atoms with Crippen molar-refractivity contribution in [3.8, 4) is 11.5 Å². The number of carbonyl (C=O) groups excluding carboxylic acids is 1. The summed E-state index contributed by atoms with van der Waals surface area (Å²) in [5, 5.41) is 5.86. The van der Waals surface area contributed by atoms with Crippen LogP contribution in [0.4, 0.5) is 14.5 Å². The van der Waals surface area contributed by atoms with E-state index in [1.165, 1.54) is 25.3 Å². The molecule has 0 aromatic heterocycles. The molecular weight excluding hydrogens is 330 g/mol. The van der Waals surface area contributed by atoms with Gasteiger partial charge in [-0.25, -0.2) is 0 Å². The van der Waals surface area contributed by atoms with Crippen LogP contribution in [0.25, 0.3) is 0 Å². The van der Waals surface area contributed by atoms with Crippen LogP contribution >= 0.6 is 12.4 Å². The number of halogens is 3. The maximum absolute atomic E-state index is 12.4. The number of methoxy groups -OCH3 is 1. The summed E-state index contributed by atoms with van der Waals surface area (Å²) in [7, 11) is 1.46. The summed E-state index contributed by atoms with van der Waals surface area (Å²) in [6.45, 7) is -1.05. The molecule has 0 radical (unpaired) electrons. The van der Waals surface area contributed by atoms with Gasteiger partial charge in [0.25, 0.3) is 0 Å². The summed E-state index contributed by atoms with van der Waals surface area (Å²) in [6, 6.07) is 4.31. The molecule has 1 aromatic rings. The molecule has 2 N–H and O–H groups in total. The van der Waals surface area contributed by atoms with Gasteiger partial charge in [0.1, 0.15) is 11.5 Å². The second-order valence-corrected chi connectivity index (χ2v) is 5.19. The topological polar surface area (TPSA) is 59.6 Å². The molecule has 0 saturated carbocycles. The molecule has 23 heavy (non-hydrogen) atoms. The number of alkyl halides is 2. The van der Waals surface area contributed by atoms with Crippen LogP contribution in [-0.2, 0) is 4.79 Å². The molecule has 1 saturated heterocycles. The fraction of sp³-hybridized carbons (Fsp3) is 0.533. The van der Waals surface area contributed by atoms with Crippen LogP contribution in [0, 0.1) is 5.92 Å². The Labute approximate surface area is 140 Å². The highest BCUT2D eigenvalue weighted by Crippen LogP contribution is 2.30. The number of anilines is 1. The minimum Gasteiger partial charge on any atom is -0.497 e. The summed E-state index contributed by atoms with van der Waals surface area (Å²) < 4.78 is 34.2. The minimum absolute atomic E-state index is 0. The smallest absolute Gasteiger partial charge is 0.387 e. The molecule has 1 aliphatic heterocycles. The molecule has 1 unspecified atom stereocenters. The first-order chi connectivity index (χ1) is 10.6. The second-order valence-electron chi connectivity index (χ2n) is 5.19. The van der Waals surface area contributed by atoms with Crippen molar-refractivity contribution in [1.82, 2.24) is 5.32 Å². The Morgan fingerprint density at radius 3 is 2.87 bits per heavy atom. The average molecular weight is 351 g/mol. The molecule has 1 amide bonds. The van der Waals surface area contributed by atoms with Crippen LogP contribution in [0.15, 0.2) is 18.2 Å². The minimum atomic E-state index is -2.95. The van der Waals surface area contributed by atoms with Gasteiger partial charge in [-0.05, 0) is 44.0 Å². The molecule has 0 spiro atoms. The van der Waals surface area contributed by atoms with E-state index in [0.29, 0.717) is 18.1 Å². The van der Waals surface area contributed by atoms with Crippen LogP contribution < -0.4 is 20.1 Å². The maximum Gasteiger partial charge on any atom is 0.387 e. The van der Waals surface area contributed by atoms with Crippen molar-refractivity contribution in [2.45, 2.75) is 25.9 Å². The van der Waals surface area contributed by atoms with Gasteiger partial charge < -0.3 is 20.1 Å². The monoisotopic (exact) mass is 350 g/mol. The lowest BCUT2D eigenvalue weighted by molar-refractivity contribution is -0.116. The van der Waals surface area contributed by atoms with Crippen molar-refractivity contribution in [3.05, 3.63) is 18.2 Å². The highest BCUT2D eigenvalue weighted by Gasteiger charge is 2.17. The Kier molecular flexibility index (Phi) is 8.05. The van der Waals surface area contributed by atoms with Gasteiger partial charge in [0.2, 0.25) is 5.91 Å². The largest absolute Gasteiger partial charge is 0.497 e. The zero-order valence-corrected chi connectivity index (χ0v) is 13.6. The molecule has 1 atom stereocenters. The van der Waals surface area contributed by atoms with Crippen molar-refractivity contribution in [1.29, 1.82) is 0 Å². The Morgan fingerprint density at radius 2 is 2.26 bits per heavy atom. The van der Waals surface area contributed by atoms with E-state index in [4.69, 9.17) is 4.74 Å². The Bertz CT molecular complexity index is 511. The molecule has 0 aliphatic carbocycles. The zero-order valence-electron chi connectivity index (χ0n) is 12.8. The van der Waals surface area contributed by atoms with E-state index in [1.807, 2.05) is 0 Å². The lowest BCUT2D eigenvalue weighted by Crippen LogP contribution is -2.16. The fourth-order valence-corrected chi connectivity index (χ4v) is 2.44. The molecule has 0 bridgehead atoms. The maximum atomic E-state index is 12.4. The van der Waals surface area contributed by atoms with Crippen LogP contribution in [0.2, 0.25) is 0 Å². The standard InChI is InChI=1S/C15H20F2N2O3.ClH/c1-21-11-3-4-13(22-15(16)17)12(8-11)19-14(20)5-2-10-6-7-18-9-10;/h3-4,8,10,15,18H,2,5-7,9H2,1H3,(H,19,20);1H. The third-order valence-electron chi connectivity index (χ3n) is 3.62. The normalized spacial score (nSPS) is 16.8. The van der Waals surface area contributed by atoms with Gasteiger partial charge in [-0.1, -0.05) is 0 Å². The number of benzene rings is 1. The van der Waals surface area contributed by atoms with Gasteiger partial charge in [-0.15, -0.1) is 12.4 Å². The average Bonchev–Trinajstić information content (AvgIpc) is 3.00. The van der Waals surface area contributed by atoms with Gasteiger partial charge in [0.05, 0.1) is 12.8 Å². The second kappa shape index (κ2) is 9.52. The Balaban J connectivity index is 0.00000264. The highest BCUT2D eigenvalue weighted by molar-refractivity contribution is 5.92. The summed E-state index contributed by atoms with van der Waals surface area (Å²) in [6.07, 6.45) is 2.18. The molecule has 1 aliphatic rings. The first-order valence-corrected chi connectivity index (χ1v) is 7.22. The fourth-order valence-electron chi connectivity index (χ4n) is 2.44. The molecule has 2 rings (SSSR count). The number of ether oxygens (including phenoxy) is 2. The molecule has 8 heteroatoms. The number of amides is 1.